The second kappa shape index (κ2) is 68.2. The van der Waals surface area contributed by atoms with Crippen molar-refractivity contribution in [1.29, 1.82) is 0 Å². The third-order valence-corrected chi connectivity index (χ3v) is 21.7. The Kier molecular flexibility index (Phi) is 66.8. The number of hydrogen-bond donors (Lipinski definition) is 3. The van der Waals surface area contributed by atoms with Crippen molar-refractivity contribution in [2.75, 3.05) is 39.6 Å². The van der Waals surface area contributed by atoms with Crippen LogP contribution in [0.3, 0.4) is 0 Å². The molecule has 0 rings (SSSR count). The van der Waals surface area contributed by atoms with Crippen molar-refractivity contribution in [2.45, 2.75) is 420 Å². The fraction of sp³-hybridized carbons (Fsp3) is 0.949. The lowest BCUT2D eigenvalue weighted by molar-refractivity contribution is -0.161. The molecular weight excluding hydrogens is 1280 g/mol. The van der Waals surface area contributed by atoms with Gasteiger partial charge in [0.05, 0.1) is 26.4 Å². The van der Waals surface area contributed by atoms with E-state index < -0.39 is 97.5 Å². The maximum atomic E-state index is 13.1. The number of rotatable bonds is 76. The first-order valence-corrected chi connectivity index (χ1v) is 43.8. The number of phosphoric acid groups is 2. The van der Waals surface area contributed by atoms with Crippen molar-refractivity contribution in [1.82, 2.24) is 0 Å². The van der Waals surface area contributed by atoms with Gasteiger partial charge in [0.1, 0.15) is 19.3 Å². The summed E-state index contributed by atoms with van der Waals surface area (Å²) < 4.78 is 68.6. The summed E-state index contributed by atoms with van der Waals surface area (Å²) in [6, 6.07) is 0. The van der Waals surface area contributed by atoms with E-state index in [1.54, 1.807) is 0 Å². The predicted octanol–water partition coefficient (Wildman–Crippen LogP) is 23.2. The molecule has 582 valence electrons. The molecule has 0 amide bonds. The van der Waals surface area contributed by atoms with Crippen LogP contribution in [0.1, 0.15) is 402 Å². The zero-order valence-electron chi connectivity index (χ0n) is 64.4. The number of esters is 4. The van der Waals surface area contributed by atoms with Crippen LogP contribution in [-0.4, -0.2) is 96.7 Å². The molecule has 0 aliphatic carbocycles. The van der Waals surface area contributed by atoms with E-state index in [0.717, 1.165) is 114 Å². The van der Waals surface area contributed by atoms with Crippen LogP contribution >= 0.6 is 15.6 Å². The van der Waals surface area contributed by atoms with Crippen molar-refractivity contribution in [3.8, 4) is 0 Å². The molecule has 6 unspecified atom stereocenters. The third kappa shape index (κ3) is 67.2. The highest BCUT2D eigenvalue weighted by atomic mass is 31.2. The lowest BCUT2D eigenvalue weighted by Crippen LogP contribution is -2.30. The molecule has 0 aromatic carbocycles. The van der Waals surface area contributed by atoms with E-state index in [0.29, 0.717) is 25.7 Å². The number of carbonyl (C=O) groups excluding carboxylic acids is 4. The van der Waals surface area contributed by atoms with Crippen LogP contribution in [0.5, 0.6) is 0 Å². The highest BCUT2D eigenvalue weighted by Crippen LogP contribution is 2.45. The molecule has 0 aromatic heterocycles. The second-order valence-corrected chi connectivity index (χ2v) is 32.3. The zero-order valence-corrected chi connectivity index (χ0v) is 66.2. The Labute approximate surface area is 600 Å². The maximum absolute atomic E-state index is 13.1. The summed E-state index contributed by atoms with van der Waals surface area (Å²) in [5.74, 6) is 1.08. The molecule has 17 nitrogen and oxygen atoms in total. The molecular formula is C79H154O17P2. The van der Waals surface area contributed by atoms with Gasteiger partial charge in [0.15, 0.2) is 12.2 Å². The number of hydrogen-bond acceptors (Lipinski definition) is 15. The van der Waals surface area contributed by atoms with Crippen molar-refractivity contribution in [2.24, 2.45) is 23.7 Å². The second-order valence-electron chi connectivity index (χ2n) is 29.4. The summed E-state index contributed by atoms with van der Waals surface area (Å²) in [5.41, 5.74) is 0. The normalized spacial score (nSPS) is 15.2. The van der Waals surface area contributed by atoms with Crippen LogP contribution in [0.2, 0.25) is 0 Å². The van der Waals surface area contributed by atoms with Crippen LogP contribution in [0.15, 0.2) is 0 Å². The number of aliphatic hydroxyl groups excluding tert-OH is 1. The number of unbranched alkanes of at least 4 members (excludes halogenated alkanes) is 38. The highest BCUT2D eigenvalue weighted by Gasteiger charge is 2.30. The molecule has 0 aromatic rings. The predicted molar refractivity (Wildman–Crippen MR) is 400 cm³/mol. The minimum atomic E-state index is -4.96. The molecule has 0 aliphatic rings. The molecule has 9 atom stereocenters. The number of carbonyl (C=O) groups is 4. The fourth-order valence-corrected chi connectivity index (χ4v) is 13.5. The highest BCUT2D eigenvalue weighted by molar-refractivity contribution is 7.47. The Balaban J connectivity index is 5.22. The summed E-state index contributed by atoms with van der Waals surface area (Å²) in [4.78, 5) is 72.9. The van der Waals surface area contributed by atoms with Gasteiger partial charge in [0.2, 0.25) is 0 Å². The molecule has 0 heterocycles. The van der Waals surface area contributed by atoms with E-state index >= 15 is 0 Å². The van der Waals surface area contributed by atoms with Crippen LogP contribution in [-0.2, 0) is 65.4 Å². The first-order chi connectivity index (χ1) is 47.2. The summed E-state index contributed by atoms with van der Waals surface area (Å²) >= 11 is 0. The van der Waals surface area contributed by atoms with E-state index in [4.69, 9.17) is 37.0 Å². The zero-order chi connectivity index (χ0) is 72.4. The van der Waals surface area contributed by atoms with E-state index in [-0.39, 0.29) is 25.7 Å². The van der Waals surface area contributed by atoms with Crippen molar-refractivity contribution >= 4 is 39.5 Å². The largest absolute Gasteiger partial charge is 0.472 e. The first-order valence-electron chi connectivity index (χ1n) is 40.9. The fourth-order valence-electron chi connectivity index (χ4n) is 12.0. The van der Waals surface area contributed by atoms with E-state index in [2.05, 4.69) is 55.4 Å². The van der Waals surface area contributed by atoms with Crippen LogP contribution in [0.25, 0.3) is 0 Å². The maximum Gasteiger partial charge on any atom is 0.472 e. The Morgan fingerprint density at radius 3 is 0.673 bits per heavy atom. The molecule has 0 aliphatic heterocycles. The summed E-state index contributed by atoms with van der Waals surface area (Å²) in [6.45, 7) is 14.3. The lowest BCUT2D eigenvalue weighted by atomic mass is 9.99. The topological polar surface area (TPSA) is 237 Å². The van der Waals surface area contributed by atoms with Gasteiger partial charge in [-0.1, -0.05) is 351 Å². The van der Waals surface area contributed by atoms with Gasteiger partial charge in [-0.15, -0.1) is 0 Å². The average molecular weight is 1440 g/mol. The molecule has 19 heteroatoms. The molecule has 0 saturated carbocycles. The molecule has 0 saturated heterocycles. The quantitative estimate of drug-likeness (QED) is 0.0222. The van der Waals surface area contributed by atoms with Crippen LogP contribution in [0.4, 0.5) is 0 Å². The third-order valence-electron chi connectivity index (χ3n) is 19.8. The lowest BCUT2D eigenvalue weighted by Gasteiger charge is -2.21. The Morgan fingerprint density at radius 1 is 0.276 bits per heavy atom. The molecule has 3 N–H and O–H groups in total. The SMILES string of the molecule is CCC(C)CCCCCCCCCCCCCCCCCCCCC(=O)O[C@H](COC(=O)CCCCCCCCCCC(C)CC)COP(=O)(O)OC[C@@H](O)COP(=O)(O)OC[C@@H](COC(=O)CCCCCCCCCCC(C)CC)OC(=O)CCCCCCCCCCC(C)CC. The van der Waals surface area contributed by atoms with Crippen molar-refractivity contribution in [3.05, 3.63) is 0 Å². The molecule has 0 radical (unpaired) electrons. The molecule has 0 spiro atoms. The Hall–Kier alpha value is -1.94. The van der Waals surface area contributed by atoms with Crippen LogP contribution < -0.4 is 0 Å². The molecule has 0 fully saturated rings. The van der Waals surface area contributed by atoms with Gasteiger partial charge in [-0.05, 0) is 49.4 Å². The Morgan fingerprint density at radius 2 is 0.459 bits per heavy atom. The smallest absolute Gasteiger partial charge is 0.462 e. The summed E-state index contributed by atoms with van der Waals surface area (Å²) in [7, 11) is -9.92. The monoisotopic (exact) mass is 1440 g/mol. The number of aliphatic hydroxyl groups is 1. The van der Waals surface area contributed by atoms with Crippen LogP contribution in [0, 0.1) is 23.7 Å². The van der Waals surface area contributed by atoms with Gasteiger partial charge in [-0.25, -0.2) is 9.13 Å². The first kappa shape index (κ1) is 96.1. The van der Waals surface area contributed by atoms with E-state index in [1.165, 1.54) is 205 Å². The number of phosphoric ester groups is 2. The van der Waals surface area contributed by atoms with Crippen molar-refractivity contribution < 1.29 is 80.2 Å². The minimum absolute atomic E-state index is 0.104. The van der Waals surface area contributed by atoms with Gasteiger partial charge in [-0.2, -0.15) is 0 Å². The van der Waals surface area contributed by atoms with Gasteiger partial charge >= 0.3 is 39.5 Å². The van der Waals surface area contributed by atoms with Gasteiger partial charge in [-0.3, -0.25) is 37.3 Å². The van der Waals surface area contributed by atoms with Crippen molar-refractivity contribution in [3.63, 3.8) is 0 Å². The van der Waals surface area contributed by atoms with Gasteiger partial charge in [0.25, 0.3) is 0 Å². The van der Waals surface area contributed by atoms with E-state index in [1.807, 2.05) is 0 Å². The average Bonchev–Trinajstić information content (AvgIpc) is 0.928. The van der Waals surface area contributed by atoms with E-state index in [9.17, 15) is 43.2 Å². The Bertz CT molecular complexity index is 1930. The standard InChI is InChI=1S/C79H154O17P2/c1-9-69(5)55-47-39-31-23-21-19-17-15-13-14-16-18-20-22-24-37-45-53-61-78(83)95-74(65-89-76(81)59-51-43-35-28-25-32-40-48-56-70(6)10-2)67-93-97(85,86)91-63-73(80)64-92-98(87,88)94-68-75(96-79(84)62-54-46-38-30-27-34-42-50-58-72(8)12-4)66-90-77(82)60-52-44-36-29-26-33-41-49-57-71(7)11-3/h69-75,80H,9-68H2,1-8H3,(H,85,86)(H,87,88)/t69?,70?,71?,72?,73-,74-,75-/m1/s1. The molecule has 0 bridgehead atoms. The number of ether oxygens (including phenoxy) is 4. The van der Waals surface area contributed by atoms with Gasteiger partial charge < -0.3 is 33.8 Å². The molecule has 98 heavy (non-hydrogen) atoms. The summed E-state index contributed by atoms with van der Waals surface area (Å²) in [5, 5.41) is 10.6. The van der Waals surface area contributed by atoms with Gasteiger partial charge in [0, 0.05) is 25.7 Å². The minimum Gasteiger partial charge on any atom is -0.462 e. The summed E-state index contributed by atoms with van der Waals surface area (Å²) in [6.07, 6.45) is 54.0.